The summed E-state index contributed by atoms with van der Waals surface area (Å²) in [6.07, 6.45) is 8.74. The average molecular weight is 289 g/mol. The van der Waals surface area contributed by atoms with Gasteiger partial charge in [0.15, 0.2) is 0 Å². The molecule has 4 aliphatic rings. The summed E-state index contributed by atoms with van der Waals surface area (Å²) in [6, 6.07) is 4.66. The second-order valence-electron chi connectivity index (χ2n) is 7.67. The molecule has 0 saturated heterocycles. The van der Waals surface area contributed by atoms with E-state index in [4.69, 9.17) is 5.73 Å². The quantitative estimate of drug-likeness (QED) is 0.858. The minimum Gasteiger partial charge on any atom is -0.330 e. The molecule has 2 heteroatoms. The fraction of sp³-hybridized carbons (Fsp3) is 0.778. The summed E-state index contributed by atoms with van der Waals surface area (Å²) in [6.45, 7) is 3.26. The van der Waals surface area contributed by atoms with E-state index in [0.29, 0.717) is 5.41 Å². The highest BCUT2D eigenvalue weighted by Gasteiger charge is 2.59. The molecule has 0 radical (unpaired) electrons. The smallest absolute Gasteiger partial charge is 0.00846 e. The van der Waals surface area contributed by atoms with Crippen LogP contribution in [0.15, 0.2) is 17.5 Å². The van der Waals surface area contributed by atoms with Crippen molar-refractivity contribution in [2.75, 3.05) is 6.54 Å². The molecule has 4 unspecified atom stereocenters. The molecule has 4 saturated carbocycles. The lowest BCUT2D eigenvalue weighted by Crippen LogP contribution is -2.55. The highest BCUT2D eigenvalue weighted by atomic mass is 32.1. The highest BCUT2D eigenvalue weighted by molar-refractivity contribution is 7.10. The van der Waals surface area contributed by atoms with Crippen LogP contribution in [-0.2, 0) is 0 Å². The topological polar surface area (TPSA) is 26.0 Å². The van der Waals surface area contributed by atoms with Gasteiger partial charge in [-0.15, -0.1) is 11.3 Å². The van der Waals surface area contributed by atoms with Gasteiger partial charge in [0.2, 0.25) is 0 Å². The second kappa shape index (κ2) is 4.84. The molecule has 2 N–H and O–H groups in total. The first-order chi connectivity index (χ1) is 9.76. The Morgan fingerprint density at radius 1 is 1.30 bits per heavy atom. The van der Waals surface area contributed by atoms with Gasteiger partial charge in [-0.25, -0.2) is 0 Å². The van der Waals surface area contributed by atoms with Crippen molar-refractivity contribution in [3.8, 4) is 0 Å². The van der Waals surface area contributed by atoms with Crippen LogP contribution in [0.4, 0.5) is 0 Å². The molecule has 1 nitrogen and oxygen atoms in total. The van der Waals surface area contributed by atoms with E-state index in [1.807, 2.05) is 11.3 Å². The fourth-order valence-corrected chi connectivity index (χ4v) is 7.53. The predicted molar refractivity (Wildman–Crippen MR) is 85.9 cm³/mol. The van der Waals surface area contributed by atoms with E-state index in [1.54, 1.807) is 4.88 Å². The lowest BCUT2D eigenvalue weighted by Gasteiger charge is -2.63. The lowest BCUT2D eigenvalue weighted by molar-refractivity contribution is -0.107. The van der Waals surface area contributed by atoms with Crippen LogP contribution in [0.3, 0.4) is 0 Å². The van der Waals surface area contributed by atoms with Crippen LogP contribution in [0, 0.1) is 29.1 Å². The van der Waals surface area contributed by atoms with E-state index in [9.17, 15) is 0 Å². The molecule has 4 atom stereocenters. The molecular formula is C18H27NS. The first-order valence-corrected chi connectivity index (χ1v) is 9.38. The van der Waals surface area contributed by atoms with Gasteiger partial charge in [0, 0.05) is 10.8 Å². The molecule has 1 aromatic rings. The summed E-state index contributed by atoms with van der Waals surface area (Å²) in [5.41, 5.74) is 6.77. The van der Waals surface area contributed by atoms with Crippen LogP contribution >= 0.6 is 11.3 Å². The molecule has 1 heterocycles. The van der Waals surface area contributed by atoms with Crippen LogP contribution in [0.5, 0.6) is 0 Å². The number of hydrogen-bond donors (Lipinski definition) is 1. The van der Waals surface area contributed by atoms with Crippen LogP contribution in [0.2, 0.25) is 0 Å². The highest BCUT2D eigenvalue weighted by Crippen LogP contribution is 2.69. The Balaban J connectivity index is 1.79. The molecule has 1 aromatic heterocycles. The summed E-state index contributed by atoms with van der Waals surface area (Å²) in [4.78, 5) is 1.67. The number of rotatable bonds is 4. The van der Waals surface area contributed by atoms with Gasteiger partial charge in [-0.3, -0.25) is 0 Å². The van der Waals surface area contributed by atoms with Crippen molar-refractivity contribution < 1.29 is 0 Å². The summed E-state index contributed by atoms with van der Waals surface area (Å²) < 4.78 is 0. The van der Waals surface area contributed by atoms with Crippen LogP contribution in [0.1, 0.15) is 56.2 Å². The molecule has 4 aliphatic carbocycles. The van der Waals surface area contributed by atoms with Gasteiger partial charge in [0.1, 0.15) is 0 Å². The van der Waals surface area contributed by atoms with Crippen molar-refractivity contribution in [1.82, 2.24) is 0 Å². The number of hydrogen-bond acceptors (Lipinski definition) is 2. The Labute approximate surface area is 127 Å². The van der Waals surface area contributed by atoms with Crippen molar-refractivity contribution in [1.29, 1.82) is 0 Å². The van der Waals surface area contributed by atoms with E-state index in [0.717, 1.165) is 36.1 Å². The molecule has 0 aliphatic heterocycles. The molecule has 5 rings (SSSR count). The molecule has 20 heavy (non-hydrogen) atoms. The normalized spacial score (nSPS) is 43.9. The fourth-order valence-electron chi connectivity index (χ4n) is 6.48. The molecule has 0 spiro atoms. The van der Waals surface area contributed by atoms with E-state index >= 15 is 0 Å². The maximum atomic E-state index is 6.22. The molecule has 4 bridgehead atoms. The Morgan fingerprint density at radius 2 is 2.05 bits per heavy atom. The monoisotopic (exact) mass is 289 g/mol. The summed E-state index contributed by atoms with van der Waals surface area (Å²) in [5, 5.41) is 2.28. The van der Waals surface area contributed by atoms with Crippen LogP contribution in [0.25, 0.3) is 0 Å². The third kappa shape index (κ3) is 1.77. The van der Waals surface area contributed by atoms with Crippen molar-refractivity contribution >= 4 is 11.3 Å². The summed E-state index contributed by atoms with van der Waals surface area (Å²) >= 11 is 2.00. The molecular weight excluding hydrogens is 262 g/mol. The number of thiophene rings is 1. The van der Waals surface area contributed by atoms with E-state index in [2.05, 4.69) is 24.4 Å². The van der Waals surface area contributed by atoms with Gasteiger partial charge in [-0.1, -0.05) is 19.4 Å². The Bertz CT molecular complexity index is 448. The van der Waals surface area contributed by atoms with Gasteiger partial charge in [0.25, 0.3) is 0 Å². The maximum absolute atomic E-state index is 6.22. The van der Waals surface area contributed by atoms with E-state index < -0.39 is 0 Å². The zero-order valence-corrected chi connectivity index (χ0v) is 13.4. The zero-order chi connectivity index (χ0) is 13.7. The summed E-state index contributed by atoms with van der Waals surface area (Å²) in [7, 11) is 0. The Hall–Kier alpha value is -0.340. The van der Waals surface area contributed by atoms with Crippen molar-refractivity contribution in [2.45, 2.75) is 51.4 Å². The lowest BCUT2D eigenvalue weighted by atomic mass is 9.41. The van der Waals surface area contributed by atoms with Crippen molar-refractivity contribution in [3.05, 3.63) is 22.4 Å². The van der Waals surface area contributed by atoms with Crippen molar-refractivity contribution in [2.24, 2.45) is 34.8 Å². The molecule has 110 valence electrons. The largest absolute Gasteiger partial charge is 0.330 e. The predicted octanol–water partition coefficient (Wildman–Crippen LogP) is 4.64. The van der Waals surface area contributed by atoms with Gasteiger partial charge in [0.05, 0.1) is 0 Å². The number of nitrogens with two attached hydrogens (primary N) is 1. The van der Waals surface area contributed by atoms with Gasteiger partial charge < -0.3 is 5.73 Å². The maximum Gasteiger partial charge on any atom is 0.00846 e. The standard InChI is InChI=1S/C18H27NS/c1-2-15(11-19)18-9-12-6-13(10-18)8-14(7-12)17(18)16-4-3-5-20-16/h3-5,12-15,17H,2,6-11,19H2,1H3. The third-order valence-corrected chi connectivity index (χ3v) is 7.76. The first kappa shape index (κ1) is 13.3. The van der Waals surface area contributed by atoms with E-state index in [1.165, 1.54) is 38.5 Å². The van der Waals surface area contributed by atoms with Crippen LogP contribution < -0.4 is 5.73 Å². The Kier molecular flexibility index (Phi) is 3.23. The second-order valence-corrected chi connectivity index (χ2v) is 8.65. The molecule has 4 fully saturated rings. The van der Waals surface area contributed by atoms with Crippen molar-refractivity contribution in [3.63, 3.8) is 0 Å². The Morgan fingerprint density at radius 3 is 2.60 bits per heavy atom. The van der Waals surface area contributed by atoms with E-state index in [-0.39, 0.29) is 0 Å². The van der Waals surface area contributed by atoms with Gasteiger partial charge in [-0.05, 0) is 79.2 Å². The minimum absolute atomic E-state index is 0.545. The zero-order valence-electron chi connectivity index (χ0n) is 12.6. The average Bonchev–Trinajstić information content (AvgIpc) is 2.92. The van der Waals surface area contributed by atoms with Crippen LogP contribution in [-0.4, -0.2) is 6.54 Å². The van der Waals surface area contributed by atoms with Gasteiger partial charge >= 0.3 is 0 Å². The van der Waals surface area contributed by atoms with Gasteiger partial charge in [-0.2, -0.15) is 0 Å². The summed E-state index contributed by atoms with van der Waals surface area (Å²) in [5.74, 6) is 4.56. The molecule has 0 amide bonds. The molecule has 0 aromatic carbocycles. The third-order valence-electron chi connectivity index (χ3n) is 6.81. The minimum atomic E-state index is 0.545. The SMILES string of the molecule is CCC(CN)C12CC3CC(CC(C3)C1c1cccs1)C2. The first-order valence-electron chi connectivity index (χ1n) is 8.50.